The number of halogens is 2. The number of benzene rings is 2. The predicted octanol–water partition coefficient (Wildman–Crippen LogP) is 4.03. The van der Waals surface area contributed by atoms with Gasteiger partial charge >= 0.3 is 0 Å². The van der Waals surface area contributed by atoms with Crippen LogP contribution in [0, 0.1) is 0 Å². The average molecular weight is 476 g/mol. The summed E-state index contributed by atoms with van der Waals surface area (Å²) in [5.74, 6) is 1.65. The molecule has 1 N–H and O–H groups in total. The lowest BCUT2D eigenvalue weighted by molar-refractivity contribution is 0.0271. The molecule has 0 radical (unpaired) electrons. The van der Waals surface area contributed by atoms with E-state index in [0.29, 0.717) is 22.8 Å². The van der Waals surface area contributed by atoms with E-state index in [4.69, 9.17) is 18.9 Å². The van der Waals surface area contributed by atoms with Crippen LogP contribution in [0.3, 0.4) is 0 Å². The molecule has 0 spiro atoms. The van der Waals surface area contributed by atoms with Crippen LogP contribution < -0.4 is 14.8 Å². The van der Waals surface area contributed by atoms with Crippen molar-refractivity contribution < 1.29 is 23.3 Å². The molecule has 0 saturated carbocycles. The van der Waals surface area contributed by atoms with Gasteiger partial charge in [0.2, 0.25) is 0 Å². The highest BCUT2D eigenvalue weighted by Crippen LogP contribution is 2.38. The van der Waals surface area contributed by atoms with Crippen LogP contribution in [-0.2, 0) is 9.47 Å². The molecule has 2 aliphatic rings. The molecule has 2 aliphatic heterocycles. The van der Waals surface area contributed by atoms with Crippen molar-refractivity contribution in [1.82, 2.24) is 9.97 Å². The van der Waals surface area contributed by atoms with Crippen LogP contribution in [0.1, 0.15) is 0 Å². The van der Waals surface area contributed by atoms with Crippen LogP contribution in [0.4, 0.5) is 15.9 Å². The number of rotatable bonds is 5. The minimum atomic E-state index is -1.12. The number of ether oxygens (including phenoxy) is 4. The number of nitrogens with one attached hydrogen (secondary N) is 1. The van der Waals surface area contributed by atoms with Crippen LogP contribution >= 0.6 is 15.9 Å². The topological polar surface area (TPSA) is 74.7 Å². The van der Waals surface area contributed by atoms with E-state index in [1.165, 1.54) is 6.33 Å². The molecule has 1 aromatic heterocycles. The minimum absolute atomic E-state index is 0.0291. The number of hydrogen-bond acceptors (Lipinski definition) is 7. The minimum Gasteiger partial charge on any atom is -0.493 e. The van der Waals surface area contributed by atoms with Crippen molar-refractivity contribution in [2.45, 2.75) is 24.5 Å². The van der Waals surface area contributed by atoms with E-state index in [9.17, 15) is 4.39 Å². The van der Waals surface area contributed by atoms with E-state index < -0.39 is 24.5 Å². The number of fused-ring (bicyclic) bond motifs is 2. The van der Waals surface area contributed by atoms with Crippen LogP contribution in [0.5, 0.6) is 11.5 Å². The SMILES string of the molecule is COc1cc2c(Nc3ccccc3Br)ncnc2cc1O[C@@H]1CO[C@@H]2[C@H]1OC[C@H]2F. The highest BCUT2D eigenvalue weighted by Gasteiger charge is 2.49. The zero-order chi connectivity index (χ0) is 20.7. The third-order valence-corrected chi connectivity index (χ3v) is 5.97. The third kappa shape index (κ3) is 3.46. The highest BCUT2D eigenvalue weighted by atomic mass is 79.9. The first-order valence-electron chi connectivity index (χ1n) is 9.52. The smallest absolute Gasteiger partial charge is 0.164 e. The monoisotopic (exact) mass is 475 g/mol. The van der Waals surface area contributed by atoms with E-state index in [2.05, 4.69) is 31.2 Å². The van der Waals surface area contributed by atoms with Crippen LogP contribution in [0.25, 0.3) is 10.9 Å². The molecule has 4 atom stereocenters. The Kier molecular flexibility index (Phi) is 5.18. The van der Waals surface area contributed by atoms with Crippen molar-refractivity contribution in [3.63, 3.8) is 0 Å². The second kappa shape index (κ2) is 7.98. The number of anilines is 2. The van der Waals surface area contributed by atoms with Crippen LogP contribution in [0.2, 0.25) is 0 Å². The molecule has 3 aromatic rings. The number of methoxy groups -OCH3 is 1. The Hall–Kier alpha value is -2.49. The fraction of sp³-hybridized carbons (Fsp3) is 0.333. The van der Waals surface area contributed by atoms with Gasteiger partial charge in [-0.05, 0) is 34.1 Å². The lowest BCUT2D eigenvalue weighted by Gasteiger charge is -2.20. The molecule has 30 heavy (non-hydrogen) atoms. The molecule has 0 bridgehead atoms. The molecule has 5 rings (SSSR count). The molecule has 9 heteroatoms. The number of para-hydroxylation sites is 1. The summed E-state index contributed by atoms with van der Waals surface area (Å²) in [5.41, 5.74) is 1.56. The van der Waals surface area contributed by atoms with Crippen molar-refractivity contribution in [2.24, 2.45) is 0 Å². The van der Waals surface area contributed by atoms with Crippen molar-refractivity contribution >= 4 is 38.3 Å². The van der Waals surface area contributed by atoms with E-state index in [1.54, 1.807) is 13.2 Å². The van der Waals surface area contributed by atoms with Crippen molar-refractivity contribution in [2.75, 3.05) is 25.6 Å². The van der Waals surface area contributed by atoms with Gasteiger partial charge < -0.3 is 24.3 Å². The molecule has 7 nitrogen and oxygen atoms in total. The standard InChI is InChI=1S/C21H19BrFN3O4/c1-27-16-6-11-15(24-10-25-21(11)26-14-5-3-2-4-12(14)22)7-17(16)30-18-9-29-19-13(23)8-28-20(18)19/h2-7,10,13,18-20H,8-9H2,1H3,(H,24,25,26)/t13-,18-,19+,20+/m1/s1. The second-order valence-electron chi connectivity index (χ2n) is 7.12. The fourth-order valence-electron chi connectivity index (χ4n) is 3.79. The van der Waals surface area contributed by atoms with Gasteiger partial charge in [-0.25, -0.2) is 14.4 Å². The average Bonchev–Trinajstić information content (AvgIpc) is 3.32. The normalized spacial score (nSPS) is 25.3. The van der Waals surface area contributed by atoms with E-state index in [-0.39, 0.29) is 13.2 Å². The zero-order valence-corrected chi connectivity index (χ0v) is 17.6. The van der Waals surface area contributed by atoms with E-state index >= 15 is 0 Å². The first-order chi connectivity index (χ1) is 14.6. The molecule has 2 saturated heterocycles. The summed E-state index contributed by atoms with van der Waals surface area (Å²) in [6, 6.07) is 11.4. The Morgan fingerprint density at radius 2 is 1.93 bits per heavy atom. The van der Waals surface area contributed by atoms with Crippen molar-refractivity contribution in [3.05, 3.63) is 47.2 Å². The van der Waals surface area contributed by atoms with Gasteiger partial charge in [-0.2, -0.15) is 0 Å². The van der Waals surface area contributed by atoms with Gasteiger partial charge in [0, 0.05) is 15.9 Å². The lowest BCUT2D eigenvalue weighted by atomic mass is 10.1. The number of alkyl halides is 1. The molecule has 2 aromatic carbocycles. The van der Waals surface area contributed by atoms with Gasteiger partial charge in [0.15, 0.2) is 23.8 Å². The molecule has 0 unspecified atom stereocenters. The number of aromatic nitrogens is 2. The first-order valence-corrected chi connectivity index (χ1v) is 10.3. The summed E-state index contributed by atoms with van der Waals surface area (Å²) >= 11 is 3.53. The van der Waals surface area contributed by atoms with Gasteiger partial charge in [-0.15, -0.1) is 0 Å². The summed E-state index contributed by atoms with van der Waals surface area (Å²) in [6.45, 7) is 0.289. The predicted molar refractivity (Wildman–Crippen MR) is 112 cm³/mol. The maximum atomic E-state index is 13.8. The summed E-state index contributed by atoms with van der Waals surface area (Å²) in [4.78, 5) is 8.76. The maximum Gasteiger partial charge on any atom is 0.164 e. The van der Waals surface area contributed by atoms with Gasteiger partial charge in [0.1, 0.15) is 24.4 Å². The Labute approximate surface area is 180 Å². The maximum absolute atomic E-state index is 13.8. The molecular weight excluding hydrogens is 457 g/mol. The second-order valence-corrected chi connectivity index (χ2v) is 7.97. The van der Waals surface area contributed by atoms with Crippen molar-refractivity contribution in [1.29, 1.82) is 0 Å². The van der Waals surface area contributed by atoms with E-state index in [0.717, 1.165) is 15.5 Å². The summed E-state index contributed by atoms with van der Waals surface area (Å²) in [7, 11) is 1.57. The van der Waals surface area contributed by atoms with Crippen molar-refractivity contribution in [3.8, 4) is 11.5 Å². The van der Waals surface area contributed by atoms with Gasteiger partial charge in [0.05, 0.1) is 31.5 Å². The molecular formula is C21H19BrFN3O4. The van der Waals surface area contributed by atoms with E-state index in [1.807, 2.05) is 30.3 Å². The number of nitrogens with zero attached hydrogens (tertiary/aromatic N) is 2. The lowest BCUT2D eigenvalue weighted by Crippen LogP contribution is -2.33. The first kappa shape index (κ1) is 19.5. The Morgan fingerprint density at radius 3 is 2.77 bits per heavy atom. The quantitative estimate of drug-likeness (QED) is 0.596. The summed E-state index contributed by atoms with van der Waals surface area (Å²) in [5, 5.41) is 4.09. The van der Waals surface area contributed by atoms with Gasteiger partial charge in [0.25, 0.3) is 0 Å². The molecule has 2 fully saturated rings. The number of hydrogen-bond donors (Lipinski definition) is 1. The van der Waals surface area contributed by atoms with Crippen LogP contribution in [0.15, 0.2) is 47.2 Å². The zero-order valence-electron chi connectivity index (χ0n) is 16.0. The molecule has 0 aliphatic carbocycles. The fourth-order valence-corrected chi connectivity index (χ4v) is 4.17. The Morgan fingerprint density at radius 1 is 1.10 bits per heavy atom. The molecule has 156 valence electrons. The largest absolute Gasteiger partial charge is 0.493 e. The Balaban J connectivity index is 1.47. The molecule has 3 heterocycles. The molecule has 0 amide bonds. The summed E-state index contributed by atoms with van der Waals surface area (Å²) < 4.78 is 37.5. The van der Waals surface area contributed by atoms with Gasteiger partial charge in [-0.3, -0.25) is 0 Å². The summed E-state index contributed by atoms with van der Waals surface area (Å²) in [6.07, 6.45) is -1.06. The van der Waals surface area contributed by atoms with Crippen LogP contribution in [-0.4, -0.2) is 54.8 Å². The van der Waals surface area contributed by atoms with Gasteiger partial charge in [-0.1, -0.05) is 12.1 Å². The third-order valence-electron chi connectivity index (χ3n) is 5.27. The Bertz CT molecular complexity index is 1090. The highest BCUT2D eigenvalue weighted by molar-refractivity contribution is 9.10.